The first-order valence-electron chi connectivity index (χ1n) is 6.26. The molecule has 0 aliphatic heterocycles. The van der Waals surface area contributed by atoms with Gasteiger partial charge in [0.05, 0.1) is 5.52 Å². The van der Waals surface area contributed by atoms with Crippen LogP contribution in [-0.2, 0) is 11.8 Å². The van der Waals surface area contributed by atoms with Crippen molar-refractivity contribution >= 4 is 16.9 Å². The molecule has 0 radical (unpaired) electrons. The summed E-state index contributed by atoms with van der Waals surface area (Å²) >= 11 is 0. The lowest BCUT2D eigenvalue weighted by molar-refractivity contribution is -0.120. The van der Waals surface area contributed by atoms with Gasteiger partial charge in [0, 0.05) is 19.9 Å². The predicted octanol–water partition coefficient (Wildman–Crippen LogP) is 2.36. The number of ketones is 1. The molecule has 0 spiro atoms. The minimum Gasteiger partial charge on any atom is -0.408 e. The summed E-state index contributed by atoms with van der Waals surface area (Å²) in [5, 5.41) is 0. The Morgan fingerprint density at radius 2 is 1.94 bits per heavy atom. The monoisotopic (exact) mass is 245 g/mol. The smallest absolute Gasteiger partial charge is 0.408 e. The molecule has 1 aliphatic carbocycles. The average Bonchev–Trinajstić information content (AvgIpc) is 2.66. The SMILES string of the molecule is Cn1c(=O)oc2ccc(C3CCC(=O)CC3)cc21. The zero-order valence-electron chi connectivity index (χ0n) is 10.3. The molecule has 0 unspecified atom stereocenters. The molecule has 4 heteroatoms. The summed E-state index contributed by atoms with van der Waals surface area (Å²) < 4.78 is 6.63. The van der Waals surface area contributed by atoms with Crippen LogP contribution in [0.4, 0.5) is 0 Å². The van der Waals surface area contributed by atoms with Crippen LogP contribution in [0.15, 0.2) is 27.4 Å². The lowest BCUT2D eigenvalue weighted by Crippen LogP contribution is -2.12. The Hall–Kier alpha value is -1.84. The Labute approximate surface area is 104 Å². The van der Waals surface area contributed by atoms with Crippen molar-refractivity contribution < 1.29 is 9.21 Å². The van der Waals surface area contributed by atoms with Crippen molar-refractivity contribution in [3.8, 4) is 0 Å². The summed E-state index contributed by atoms with van der Waals surface area (Å²) in [4.78, 5) is 22.7. The molecule has 1 heterocycles. The van der Waals surface area contributed by atoms with Gasteiger partial charge in [0.15, 0.2) is 5.58 Å². The zero-order chi connectivity index (χ0) is 12.7. The number of rotatable bonds is 1. The first-order chi connectivity index (χ1) is 8.65. The average molecular weight is 245 g/mol. The maximum Gasteiger partial charge on any atom is 0.419 e. The normalized spacial score (nSPS) is 17.5. The molecule has 2 aromatic rings. The Morgan fingerprint density at radius 3 is 2.67 bits per heavy atom. The van der Waals surface area contributed by atoms with Gasteiger partial charge in [-0.25, -0.2) is 4.79 Å². The van der Waals surface area contributed by atoms with Crippen LogP contribution in [0.1, 0.15) is 37.2 Å². The molecule has 0 saturated heterocycles. The topological polar surface area (TPSA) is 52.2 Å². The molecular weight excluding hydrogens is 230 g/mol. The number of benzene rings is 1. The molecule has 18 heavy (non-hydrogen) atoms. The Morgan fingerprint density at radius 1 is 1.22 bits per heavy atom. The highest BCUT2D eigenvalue weighted by atomic mass is 16.4. The van der Waals surface area contributed by atoms with Crippen molar-refractivity contribution in [3.05, 3.63) is 34.3 Å². The van der Waals surface area contributed by atoms with Crippen molar-refractivity contribution in [3.63, 3.8) is 0 Å². The van der Waals surface area contributed by atoms with E-state index in [0.717, 1.165) is 18.4 Å². The molecule has 0 atom stereocenters. The molecule has 1 fully saturated rings. The Bertz CT molecular complexity index is 655. The van der Waals surface area contributed by atoms with Crippen molar-refractivity contribution in [2.24, 2.45) is 7.05 Å². The second-order valence-corrected chi connectivity index (χ2v) is 4.97. The van der Waals surface area contributed by atoms with Gasteiger partial charge in [-0.3, -0.25) is 9.36 Å². The second kappa shape index (κ2) is 4.12. The van der Waals surface area contributed by atoms with E-state index in [9.17, 15) is 9.59 Å². The van der Waals surface area contributed by atoms with E-state index in [2.05, 4.69) is 0 Å². The van der Waals surface area contributed by atoms with Crippen molar-refractivity contribution in [1.82, 2.24) is 4.57 Å². The van der Waals surface area contributed by atoms with Gasteiger partial charge in [-0.15, -0.1) is 0 Å². The second-order valence-electron chi connectivity index (χ2n) is 4.97. The van der Waals surface area contributed by atoms with Gasteiger partial charge >= 0.3 is 5.76 Å². The van der Waals surface area contributed by atoms with Crippen LogP contribution >= 0.6 is 0 Å². The fourth-order valence-electron chi connectivity index (χ4n) is 2.67. The number of hydrogen-bond acceptors (Lipinski definition) is 3. The molecule has 1 saturated carbocycles. The van der Waals surface area contributed by atoms with Gasteiger partial charge in [0.1, 0.15) is 5.78 Å². The van der Waals surface area contributed by atoms with Crippen LogP contribution in [0.25, 0.3) is 11.1 Å². The first-order valence-corrected chi connectivity index (χ1v) is 6.26. The van der Waals surface area contributed by atoms with Gasteiger partial charge in [0.25, 0.3) is 0 Å². The number of aromatic nitrogens is 1. The van der Waals surface area contributed by atoms with Crippen molar-refractivity contribution in [1.29, 1.82) is 0 Å². The van der Waals surface area contributed by atoms with Crippen molar-refractivity contribution in [2.75, 3.05) is 0 Å². The molecule has 1 aromatic heterocycles. The van der Waals surface area contributed by atoms with Gasteiger partial charge in [0.2, 0.25) is 0 Å². The largest absolute Gasteiger partial charge is 0.419 e. The van der Waals surface area contributed by atoms with E-state index in [1.807, 2.05) is 18.2 Å². The summed E-state index contributed by atoms with van der Waals surface area (Å²) in [5.74, 6) is 0.459. The van der Waals surface area contributed by atoms with Crippen LogP contribution in [0.2, 0.25) is 0 Å². The van der Waals surface area contributed by atoms with E-state index in [1.165, 1.54) is 10.1 Å². The maximum absolute atomic E-state index is 11.4. The third kappa shape index (κ3) is 1.78. The molecule has 0 bridgehead atoms. The molecular formula is C14H15NO3. The predicted molar refractivity (Wildman–Crippen MR) is 67.7 cm³/mol. The van der Waals surface area contributed by atoms with E-state index < -0.39 is 0 Å². The number of Topliss-reactive ketones (excluding diaryl/α,β-unsaturated/α-hetero) is 1. The summed E-state index contributed by atoms with van der Waals surface area (Å²) in [5.41, 5.74) is 2.65. The van der Waals surface area contributed by atoms with E-state index in [1.54, 1.807) is 7.05 Å². The Balaban J connectivity index is 2.00. The van der Waals surface area contributed by atoms with E-state index in [0.29, 0.717) is 30.1 Å². The highest BCUT2D eigenvalue weighted by Crippen LogP contribution is 2.32. The van der Waals surface area contributed by atoms with Gasteiger partial charge in [-0.2, -0.15) is 0 Å². The first kappa shape index (κ1) is 11.3. The number of nitrogens with zero attached hydrogens (tertiary/aromatic N) is 1. The van der Waals surface area contributed by atoms with Crippen LogP contribution in [-0.4, -0.2) is 10.4 Å². The van der Waals surface area contributed by atoms with Crippen LogP contribution < -0.4 is 5.76 Å². The number of hydrogen-bond donors (Lipinski definition) is 0. The molecule has 94 valence electrons. The number of fused-ring (bicyclic) bond motifs is 1. The molecule has 1 aromatic carbocycles. The maximum atomic E-state index is 11.4. The van der Waals surface area contributed by atoms with Crippen LogP contribution in [0.5, 0.6) is 0 Å². The molecule has 0 amide bonds. The van der Waals surface area contributed by atoms with Gasteiger partial charge < -0.3 is 4.42 Å². The van der Waals surface area contributed by atoms with Gasteiger partial charge in [-0.05, 0) is 36.5 Å². The molecule has 4 nitrogen and oxygen atoms in total. The zero-order valence-corrected chi connectivity index (χ0v) is 10.3. The van der Waals surface area contributed by atoms with Crippen molar-refractivity contribution in [2.45, 2.75) is 31.6 Å². The third-order valence-electron chi connectivity index (χ3n) is 3.83. The van der Waals surface area contributed by atoms with E-state index in [-0.39, 0.29) is 5.76 Å². The van der Waals surface area contributed by atoms with E-state index >= 15 is 0 Å². The lowest BCUT2D eigenvalue weighted by atomic mass is 9.83. The molecule has 1 aliphatic rings. The fraction of sp³-hybridized carbons (Fsp3) is 0.429. The quantitative estimate of drug-likeness (QED) is 0.775. The minimum absolute atomic E-state index is 0.332. The number of aryl methyl sites for hydroxylation is 1. The third-order valence-corrected chi connectivity index (χ3v) is 3.83. The molecule has 0 N–H and O–H groups in total. The summed E-state index contributed by atoms with van der Waals surface area (Å²) in [7, 11) is 1.71. The van der Waals surface area contributed by atoms with Crippen LogP contribution in [0.3, 0.4) is 0 Å². The summed E-state index contributed by atoms with van der Waals surface area (Å²) in [6.07, 6.45) is 3.17. The highest BCUT2D eigenvalue weighted by Gasteiger charge is 2.21. The summed E-state index contributed by atoms with van der Waals surface area (Å²) in [6, 6.07) is 5.87. The van der Waals surface area contributed by atoms with Crippen LogP contribution in [0, 0.1) is 0 Å². The number of carbonyl (C=O) groups is 1. The summed E-state index contributed by atoms with van der Waals surface area (Å²) in [6.45, 7) is 0. The minimum atomic E-state index is -0.332. The van der Waals surface area contributed by atoms with Gasteiger partial charge in [-0.1, -0.05) is 6.07 Å². The highest BCUT2D eigenvalue weighted by molar-refractivity contribution is 5.79. The molecule has 3 rings (SSSR count). The van der Waals surface area contributed by atoms with E-state index in [4.69, 9.17) is 4.42 Å². The number of carbonyl (C=O) groups excluding carboxylic acids is 1. The lowest BCUT2D eigenvalue weighted by Gasteiger charge is -2.21. The number of oxazole rings is 1. The fourth-order valence-corrected chi connectivity index (χ4v) is 2.67. The standard InChI is InChI=1S/C14H15NO3/c1-15-12-8-10(4-7-13(12)18-14(15)17)9-2-5-11(16)6-3-9/h4,7-9H,2-3,5-6H2,1H3. The Kier molecular flexibility index (Phi) is 2.58.